The zero-order chi connectivity index (χ0) is 30.6. The second kappa shape index (κ2) is 13.4. The van der Waals surface area contributed by atoms with Crippen molar-refractivity contribution in [3.8, 4) is 0 Å². The molecule has 0 bridgehead atoms. The first-order valence-electron chi connectivity index (χ1n) is 16.1. The summed E-state index contributed by atoms with van der Waals surface area (Å²) < 4.78 is 20.5. The van der Waals surface area contributed by atoms with Gasteiger partial charge in [0, 0.05) is 56.0 Å². The molecule has 3 fully saturated rings. The van der Waals surface area contributed by atoms with Crippen LogP contribution in [0.4, 0.5) is 21.5 Å². The maximum absolute atomic E-state index is 15.1. The van der Waals surface area contributed by atoms with Crippen LogP contribution in [0.2, 0.25) is 0 Å². The molecule has 8 heteroatoms. The minimum absolute atomic E-state index is 0.0742. The van der Waals surface area contributed by atoms with Gasteiger partial charge in [0.1, 0.15) is 5.82 Å². The Balaban J connectivity index is 1.30. The summed E-state index contributed by atoms with van der Waals surface area (Å²) in [6, 6.07) is 18.7. The summed E-state index contributed by atoms with van der Waals surface area (Å²) in [5, 5.41) is 6.78. The molecule has 0 aliphatic carbocycles. The maximum Gasteiger partial charge on any atom is 0.257 e. The van der Waals surface area contributed by atoms with Crippen molar-refractivity contribution in [3.63, 3.8) is 0 Å². The molecule has 3 aromatic rings. The number of nitrogens with one attached hydrogen (secondary N) is 2. The van der Waals surface area contributed by atoms with Crippen LogP contribution >= 0.6 is 0 Å². The lowest BCUT2D eigenvalue weighted by molar-refractivity contribution is -0.123. The van der Waals surface area contributed by atoms with Crippen LogP contribution in [0, 0.1) is 25.6 Å². The summed E-state index contributed by atoms with van der Waals surface area (Å²) in [5.74, 6) is -1.53. The molecule has 2 amide bonds. The van der Waals surface area contributed by atoms with Crippen LogP contribution in [0.25, 0.3) is 0 Å². The van der Waals surface area contributed by atoms with Crippen molar-refractivity contribution < 1.29 is 18.7 Å². The zero-order valence-corrected chi connectivity index (χ0v) is 25.8. The lowest BCUT2D eigenvalue weighted by Gasteiger charge is -2.41. The van der Waals surface area contributed by atoms with Gasteiger partial charge in [-0.2, -0.15) is 0 Å². The number of hydrogen-bond acceptors (Lipinski definition) is 5. The molecule has 7 nitrogen and oxygen atoms in total. The Morgan fingerprint density at radius 2 is 1.57 bits per heavy atom. The molecule has 2 atom stereocenters. The van der Waals surface area contributed by atoms with Crippen LogP contribution in [0.3, 0.4) is 0 Å². The van der Waals surface area contributed by atoms with Gasteiger partial charge in [-0.05, 0) is 99.4 Å². The summed E-state index contributed by atoms with van der Waals surface area (Å²) >= 11 is 0. The summed E-state index contributed by atoms with van der Waals surface area (Å²) in [5.41, 5.74) is 5.62. The van der Waals surface area contributed by atoms with E-state index in [1.54, 1.807) is 24.0 Å². The largest absolute Gasteiger partial charge is 0.382 e. The topological polar surface area (TPSA) is 73.9 Å². The maximum atomic E-state index is 15.1. The highest BCUT2D eigenvalue weighted by Crippen LogP contribution is 2.39. The standard InChI is InChI=1S/C36H43FN4O3/c1-24-10-13-29(23-32(24)40-18-3-4-19-40)39-35(42)30-8-6-20-41(36(43)33-25(2)7-5-9-31(33)37)34(30)26-11-14-27(15-12-26)38-28-16-21-44-22-17-28/h5,7,9-15,23,28,30,34,38H,3-4,6,8,16-22H2,1-2H3,(H,39,42)/t30?,34-/m0/s1. The average molecular weight is 599 g/mol. The molecule has 1 unspecified atom stereocenters. The Kier molecular flexibility index (Phi) is 9.17. The molecule has 2 N–H and O–H groups in total. The highest BCUT2D eigenvalue weighted by Gasteiger charge is 2.40. The van der Waals surface area contributed by atoms with Gasteiger partial charge < -0.3 is 25.2 Å². The fraction of sp³-hybridized carbons (Fsp3) is 0.444. The number of anilines is 3. The zero-order valence-electron chi connectivity index (χ0n) is 25.8. The van der Waals surface area contributed by atoms with Gasteiger partial charge in [-0.25, -0.2) is 4.39 Å². The van der Waals surface area contributed by atoms with Gasteiger partial charge in [-0.3, -0.25) is 9.59 Å². The minimum atomic E-state index is -0.537. The Morgan fingerprint density at radius 3 is 2.30 bits per heavy atom. The number of ether oxygens (including phenoxy) is 1. The molecular weight excluding hydrogens is 555 g/mol. The number of carbonyl (C=O) groups is 2. The van der Waals surface area contributed by atoms with Crippen molar-refractivity contribution in [2.24, 2.45) is 5.92 Å². The number of carbonyl (C=O) groups excluding carboxylic acids is 2. The number of nitrogens with zero attached hydrogens (tertiary/aromatic N) is 2. The highest BCUT2D eigenvalue weighted by atomic mass is 19.1. The SMILES string of the molecule is Cc1ccc(NC(=O)C2CCCN(C(=O)c3c(C)cccc3F)[C@H]2c2ccc(NC3CCOCC3)cc2)cc1N1CCCC1. The Hall–Kier alpha value is -3.91. The number of piperidine rings is 1. The first-order valence-corrected chi connectivity index (χ1v) is 16.1. The van der Waals surface area contributed by atoms with Crippen LogP contribution in [0.1, 0.15) is 71.6 Å². The average Bonchev–Trinajstić information content (AvgIpc) is 3.57. The third kappa shape index (κ3) is 6.46. The Morgan fingerprint density at radius 1 is 0.841 bits per heavy atom. The van der Waals surface area contributed by atoms with E-state index >= 15 is 4.39 Å². The molecular formula is C36H43FN4O3. The molecule has 6 rings (SSSR count). The summed E-state index contributed by atoms with van der Waals surface area (Å²) in [7, 11) is 0. The first kappa shape index (κ1) is 30.1. The lowest BCUT2D eigenvalue weighted by Crippen LogP contribution is -2.46. The Labute approximate surface area is 259 Å². The van der Waals surface area contributed by atoms with Gasteiger partial charge in [0.15, 0.2) is 0 Å². The van der Waals surface area contributed by atoms with E-state index in [4.69, 9.17) is 4.74 Å². The molecule has 3 saturated heterocycles. The van der Waals surface area contributed by atoms with Gasteiger partial charge in [0.05, 0.1) is 17.5 Å². The van der Waals surface area contributed by atoms with Crippen molar-refractivity contribution in [2.75, 3.05) is 48.4 Å². The number of likely N-dealkylation sites (tertiary alicyclic amines) is 1. The van der Waals surface area contributed by atoms with Crippen LogP contribution in [-0.4, -0.2) is 55.6 Å². The van der Waals surface area contributed by atoms with Gasteiger partial charge >= 0.3 is 0 Å². The van der Waals surface area contributed by atoms with E-state index in [2.05, 4.69) is 34.6 Å². The fourth-order valence-corrected chi connectivity index (χ4v) is 7.03. The van der Waals surface area contributed by atoms with Gasteiger partial charge in [0.2, 0.25) is 5.91 Å². The van der Waals surface area contributed by atoms with Crippen molar-refractivity contribution in [3.05, 3.63) is 88.7 Å². The normalized spacial score (nSPS) is 20.9. The van der Waals surface area contributed by atoms with Crippen LogP contribution in [0.5, 0.6) is 0 Å². The van der Waals surface area contributed by atoms with E-state index in [0.29, 0.717) is 31.0 Å². The fourth-order valence-electron chi connectivity index (χ4n) is 7.03. The number of aryl methyl sites for hydroxylation is 2. The molecule has 0 spiro atoms. The number of benzene rings is 3. The number of halogens is 1. The third-order valence-corrected chi connectivity index (χ3v) is 9.43. The highest BCUT2D eigenvalue weighted by molar-refractivity contribution is 5.98. The molecule has 232 valence electrons. The summed E-state index contributed by atoms with van der Waals surface area (Å²) in [6.45, 7) is 7.86. The predicted molar refractivity (Wildman–Crippen MR) is 173 cm³/mol. The molecule has 0 aromatic heterocycles. The van der Waals surface area contributed by atoms with E-state index in [1.807, 2.05) is 30.3 Å². The van der Waals surface area contributed by atoms with Crippen molar-refractivity contribution in [1.82, 2.24) is 4.90 Å². The lowest BCUT2D eigenvalue weighted by atomic mass is 9.83. The molecule has 3 heterocycles. The molecule has 3 aliphatic rings. The summed E-state index contributed by atoms with van der Waals surface area (Å²) in [6.07, 6.45) is 5.54. The molecule has 3 aliphatic heterocycles. The van der Waals surface area contributed by atoms with E-state index in [-0.39, 0.29) is 17.4 Å². The molecule has 44 heavy (non-hydrogen) atoms. The van der Waals surface area contributed by atoms with E-state index in [0.717, 1.165) is 61.8 Å². The van der Waals surface area contributed by atoms with E-state index in [9.17, 15) is 9.59 Å². The first-order chi connectivity index (χ1) is 21.4. The smallest absolute Gasteiger partial charge is 0.257 e. The van der Waals surface area contributed by atoms with E-state index in [1.165, 1.54) is 24.5 Å². The van der Waals surface area contributed by atoms with Gasteiger partial charge in [0.25, 0.3) is 5.91 Å². The Bertz CT molecular complexity index is 1460. The number of rotatable bonds is 7. The van der Waals surface area contributed by atoms with Crippen molar-refractivity contribution in [2.45, 2.75) is 64.5 Å². The van der Waals surface area contributed by atoms with Gasteiger partial charge in [-0.1, -0.05) is 30.3 Å². The predicted octanol–water partition coefficient (Wildman–Crippen LogP) is 6.87. The van der Waals surface area contributed by atoms with Crippen molar-refractivity contribution >= 4 is 28.9 Å². The minimum Gasteiger partial charge on any atom is -0.382 e. The molecule has 3 aromatic carbocycles. The molecule has 0 saturated carbocycles. The second-order valence-electron chi connectivity index (χ2n) is 12.5. The monoisotopic (exact) mass is 598 g/mol. The van der Waals surface area contributed by atoms with Crippen LogP contribution in [-0.2, 0) is 9.53 Å². The number of amides is 2. The third-order valence-electron chi connectivity index (χ3n) is 9.43. The summed E-state index contributed by atoms with van der Waals surface area (Å²) in [4.78, 5) is 32.2. The second-order valence-corrected chi connectivity index (χ2v) is 12.5. The molecule has 0 radical (unpaired) electrons. The van der Waals surface area contributed by atoms with Crippen LogP contribution in [0.15, 0.2) is 60.7 Å². The van der Waals surface area contributed by atoms with Crippen molar-refractivity contribution in [1.29, 1.82) is 0 Å². The van der Waals surface area contributed by atoms with E-state index < -0.39 is 17.8 Å². The van der Waals surface area contributed by atoms with Crippen LogP contribution < -0.4 is 15.5 Å². The van der Waals surface area contributed by atoms with Gasteiger partial charge in [-0.15, -0.1) is 0 Å². The number of hydrogen-bond donors (Lipinski definition) is 2. The quantitative estimate of drug-likeness (QED) is 0.311.